The van der Waals surface area contributed by atoms with Gasteiger partial charge < -0.3 is 14.7 Å². The third kappa shape index (κ3) is 2.62. The fourth-order valence-corrected chi connectivity index (χ4v) is 3.00. The van der Waals surface area contributed by atoms with Crippen LogP contribution in [0.1, 0.15) is 12.8 Å². The zero-order valence-electron chi connectivity index (χ0n) is 10.9. The molecule has 1 aliphatic carbocycles. The van der Waals surface area contributed by atoms with E-state index in [4.69, 9.17) is 9.84 Å². The van der Waals surface area contributed by atoms with Crippen LogP contribution < -0.4 is 0 Å². The van der Waals surface area contributed by atoms with Crippen molar-refractivity contribution in [1.82, 2.24) is 4.90 Å². The molecule has 3 atom stereocenters. The number of likely N-dealkylation sites (tertiary alicyclic amines) is 1. The summed E-state index contributed by atoms with van der Waals surface area (Å²) >= 11 is 0. The fraction of sp³-hybridized carbons (Fsp3) is 0.692. The molecule has 7 heteroatoms. The first-order valence-electron chi connectivity index (χ1n) is 6.49. The number of hydrogen-bond donors (Lipinski definition) is 1. The number of aliphatic carboxylic acids is 1. The average molecular weight is 289 g/mol. The van der Waals surface area contributed by atoms with E-state index < -0.39 is 35.7 Å². The molecular weight excluding hydrogens is 272 g/mol. The number of carbonyl (C=O) groups is 2. The zero-order valence-corrected chi connectivity index (χ0v) is 10.9. The average Bonchev–Trinajstić information content (AvgIpc) is 2.34. The van der Waals surface area contributed by atoms with Crippen LogP contribution >= 0.6 is 0 Å². The Labute approximate surface area is 115 Å². The van der Waals surface area contributed by atoms with E-state index in [-0.39, 0.29) is 32.5 Å². The summed E-state index contributed by atoms with van der Waals surface area (Å²) in [6.45, 7) is 3.11. The number of rotatable bonds is 3. The Balaban J connectivity index is 2.08. The van der Waals surface area contributed by atoms with Crippen molar-refractivity contribution < 1.29 is 28.2 Å². The topological polar surface area (TPSA) is 66.8 Å². The first-order chi connectivity index (χ1) is 9.36. The largest absolute Gasteiger partial charge is 0.481 e. The van der Waals surface area contributed by atoms with Crippen molar-refractivity contribution in [3.63, 3.8) is 0 Å². The second-order valence-corrected chi connectivity index (χ2v) is 5.35. The smallest absolute Gasteiger partial charge is 0.410 e. The van der Waals surface area contributed by atoms with Gasteiger partial charge in [-0.25, -0.2) is 13.6 Å². The maximum atomic E-state index is 14.1. The van der Waals surface area contributed by atoms with Crippen molar-refractivity contribution >= 4 is 12.1 Å². The van der Waals surface area contributed by atoms with Crippen LogP contribution in [0, 0.1) is 17.8 Å². The number of halogens is 2. The minimum absolute atomic E-state index is 0.0266. The Bertz CT molecular complexity index is 409. The van der Waals surface area contributed by atoms with Gasteiger partial charge in [0, 0.05) is 24.9 Å². The van der Waals surface area contributed by atoms with Gasteiger partial charge in [0.1, 0.15) is 6.61 Å². The third-order valence-corrected chi connectivity index (χ3v) is 4.04. The van der Waals surface area contributed by atoms with Gasteiger partial charge >= 0.3 is 12.1 Å². The molecule has 0 radical (unpaired) electrons. The molecule has 1 N–H and O–H groups in total. The monoisotopic (exact) mass is 289 g/mol. The highest BCUT2D eigenvalue weighted by Crippen LogP contribution is 2.48. The lowest BCUT2D eigenvalue weighted by molar-refractivity contribution is -0.185. The van der Waals surface area contributed by atoms with Crippen molar-refractivity contribution in [3.8, 4) is 0 Å². The highest BCUT2D eigenvalue weighted by molar-refractivity contribution is 5.71. The van der Waals surface area contributed by atoms with E-state index in [1.54, 1.807) is 0 Å². The van der Waals surface area contributed by atoms with Gasteiger partial charge in [0.25, 0.3) is 5.92 Å². The van der Waals surface area contributed by atoms with Crippen molar-refractivity contribution in [1.29, 1.82) is 0 Å². The summed E-state index contributed by atoms with van der Waals surface area (Å²) in [7, 11) is 0. The van der Waals surface area contributed by atoms with Gasteiger partial charge in [0.05, 0.1) is 5.92 Å². The van der Waals surface area contributed by atoms with Crippen LogP contribution in [0.15, 0.2) is 12.7 Å². The van der Waals surface area contributed by atoms with E-state index >= 15 is 0 Å². The minimum Gasteiger partial charge on any atom is -0.481 e. The van der Waals surface area contributed by atoms with Crippen LogP contribution in [0.4, 0.5) is 13.6 Å². The third-order valence-electron chi connectivity index (χ3n) is 4.04. The van der Waals surface area contributed by atoms with E-state index in [0.29, 0.717) is 0 Å². The first-order valence-corrected chi connectivity index (χ1v) is 6.49. The Morgan fingerprint density at radius 1 is 1.35 bits per heavy atom. The number of alkyl halides is 2. The number of carbonyl (C=O) groups excluding carboxylic acids is 1. The maximum Gasteiger partial charge on any atom is 0.410 e. The summed E-state index contributed by atoms with van der Waals surface area (Å²) in [5, 5.41) is 8.99. The van der Waals surface area contributed by atoms with Crippen LogP contribution in [0.25, 0.3) is 0 Å². The summed E-state index contributed by atoms with van der Waals surface area (Å²) in [6, 6.07) is 0. The van der Waals surface area contributed by atoms with Gasteiger partial charge in [0.2, 0.25) is 0 Å². The van der Waals surface area contributed by atoms with Gasteiger partial charge in [-0.2, -0.15) is 0 Å². The summed E-state index contributed by atoms with van der Waals surface area (Å²) in [5.74, 6) is -6.95. The second-order valence-electron chi connectivity index (χ2n) is 5.35. The van der Waals surface area contributed by atoms with Gasteiger partial charge in [-0.1, -0.05) is 12.7 Å². The number of amides is 1. The van der Waals surface area contributed by atoms with Crippen LogP contribution in [0.3, 0.4) is 0 Å². The van der Waals surface area contributed by atoms with E-state index in [2.05, 4.69) is 6.58 Å². The number of nitrogens with zero attached hydrogens (tertiary/aromatic N) is 1. The van der Waals surface area contributed by atoms with Crippen molar-refractivity contribution in [2.45, 2.75) is 18.8 Å². The molecule has 0 aromatic carbocycles. The second kappa shape index (κ2) is 5.38. The number of piperidine rings is 1. The predicted molar refractivity (Wildman–Crippen MR) is 65.4 cm³/mol. The van der Waals surface area contributed by atoms with Crippen molar-refractivity contribution in [3.05, 3.63) is 12.7 Å². The number of hydrogen-bond acceptors (Lipinski definition) is 3. The van der Waals surface area contributed by atoms with Crippen LogP contribution in [0.5, 0.6) is 0 Å². The lowest BCUT2D eigenvalue weighted by Crippen LogP contribution is -2.59. The fourth-order valence-electron chi connectivity index (χ4n) is 3.00. The highest BCUT2D eigenvalue weighted by atomic mass is 19.3. The molecule has 1 saturated heterocycles. The number of fused-ring (bicyclic) bond motifs is 2. The quantitative estimate of drug-likeness (QED) is 0.807. The zero-order chi connectivity index (χ0) is 14.9. The molecule has 1 amide bonds. The van der Waals surface area contributed by atoms with Crippen LogP contribution in [0.2, 0.25) is 0 Å². The molecule has 1 saturated carbocycles. The summed E-state index contributed by atoms with van der Waals surface area (Å²) < 4.78 is 32.9. The van der Waals surface area contributed by atoms with Crippen molar-refractivity contribution in [2.24, 2.45) is 17.8 Å². The molecule has 1 heterocycles. The molecule has 0 spiro atoms. The molecule has 2 aliphatic rings. The maximum absolute atomic E-state index is 14.1. The lowest BCUT2D eigenvalue weighted by Gasteiger charge is -2.48. The molecule has 0 aromatic heterocycles. The number of carboxylic acids is 1. The molecule has 1 unspecified atom stereocenters. The molecule has 0 aromatic rings. The van der Waals surface area contributed by atoms with Crippen LogP contribution in [-0.2, 0) is 9.53 Å². The Morgan fingerprint density at radius 3 is 2.35 bits per heavy atom. The predicted octanol–water partition coefficient (Wildman–Crippen LogP) is 1.99. The van der Waals surface area contributed by atoms with Gasteiger partial charge in [0.15, 0.2) is 0 Å². The SMILES string of the molecule is C=CCOC(=O)N1C[C@H]2CC(C(=O)O)C[C@@H](C1)C2(F)F. The van der Waals surface area contributed by atoms with Gasteiger partial charge in [-0.3, -0.25) is 4.79 Å². The van der Waals surface area contributed by atoms with Crippen LogP contribution in [-0.4, -0.2) is 47.7 Å². The van der Waals surface area contributed by atoms with E-state index in [1.807, 2.05) is 0 Å². The van der Waals surface area contributed by atoms with E-state index in [9.17, 15) is 18.4 Å². The standard InChI is InChI=1S/C13H17F2NO4/c1-2-3-20-12(19)16-6-9-4-8(11(17)18)5-10(7-16)13(9,14)15/h2,8-10H,1,3-7H2,(H,17,18)/t8?,9-,10+. The molecule has 112 valence electrons. The molecule has 5 nitrogen and oxygen atoms in total. The number of carboxylic acid groups (broad SMARTS) is 1. The number of ether oxygens (including phenoxy) is 1. The minimum atomic E-state index is -2.92. The van der Waals surface area contributed by atoms with E-state index in [1.165, 1.54) is 11.0 Å². The van der Waals surface area contributed by atoms with Gasteiger partial charge in [-0.15, -0.1) is 0 Å². The van der Waals surface area contributed by atoms with Gasteiger partial charge in [-0.05, 0) is 12.8 Å². The molecule has 2 bridgehead atoms. The summed E-state index contributed by atoms with van der Waals surface area (Å²) in [4.78, 5) is 23.9. The highest BCUT2D eigenvalue weighted by Gasteiger charge is 2.57. The lowest BCUT2D eigenvalue weighted by atomic mass is 9.69. The summed E-state index contributed by atoms with van der Waals surface area (Å²) in [5.41, 5.74) is 0. The molecule has 2 rings (SSSR count). The van der Waals surface area contributed by atoms with Crippen molar-refractivity contribution in [2.75, 3.05) is 19.7 Å². The molecule has 1 aliphatic heterocycles. The first kappa shape index (κ1) is 14.7. The Morgan fingerprint density at radius 2 is 1.90 bits per heavy atom. The molecular formula is C13H17F2NO4. The molecule has 2 fully saturated rings. The normalized spacial score (nSPS) is 31.5. The molecule has 20 heavy (non-hydrogen) atoms. The Hall–Kier alpha value is -1.66. The Kier molecular flexibility index (Phi) is 3.96. The van der Waals surface area contributed by atoms with E-state index in [0.717, 1.165) is 0 Å². The summed E-state index contributed by atoms with van der Waals surface area (Å²) in [6.07, 6.45) is 0.537.